The minimum atomic E-state index is -2.91. The lowest BCUT2D eigenvalue weighted by molar-refractivity contribution is -0.131. The molecule has 3 rings (SSSR count). The molecule has 2 unspecified atom stereocenters. The summed E-state index contributed by atoms with van der Waals surface area (Å²) in [4.78, 5) is 13.9. The Morgan fingerprint density at radius 1 is 1.26 bits per heavy atom. The average molecular weight is 279 g/mol. The Kier molecular flexibility index (Phi) is 3.09. The third kappa shape index (κ3) is 2.39. The Hall–Kier alpha value is -1.36. The van der Waals surface area contributed by atoms with Crippen molar-refractivity contribution in [3.63, 3.8) is 0 Å². The quantitative estimate of drug-likeness (QED) is 0.830. The molecule has 2 bridgehead atoms. The van der Waals surface area contributed by atoms with Gasteiger partial charge in [0, 0.05) is 19.0 Å². The van der Waals surface area contributed by atoms with Crippen LogP contribution in [-0.2, 0) is 21.1 Å². The van der Waals surface area contributed by atoms with Gasteiger partial charge in [-0.2, -0.15) is 0 Å². The first-order valence-electron chi connectivity index (χ1n) is 6.61. The molecule has 2 aliphatic rings. The van der Waals surface area contributed by atoms with Gasteiger partial charge in [0.1, 0.15) is 0 Å². The van der Waals surface area contributed by atoms with E-state index >= 15 is 0 Å². The lowest BCUT2D eigenvalue weighted by Gasteiger charge is -2.26. The van der Waals surface area contributed by atoms with Crippen molar-refractivity contribution in [3.8, 4) is 0 Å². The van der Waals surface area contributed by atoms with E-state index in [1.54, 1.807) is 4.90 Å². The molecule has 0 aromatic heterocycles. The van der Waals surface area contributed by atoms with E-state index in [1.807, 2.05) is 30.3 Å². The number of rotatable bonds is 3. The molecular formula is C14H17NO3S. The van der Waals surface area contributed by atoms with Crippen molar-refractivity contribution in [2.24, 2.45) is 0 Å². The molecule has 2 saturated heterocycles. The van der Waals surface area contributed by atoms with Crippen LogP contribution in [0.1, 0.15) is 18.4 Å². The molecule has 2 heterocycles. The predicted molar refractivity (Wildman–Crippen MR) is 72.5 cm³/mol. The zero-order valence-electron chi connectivity index (χ0n) is 10.7. The van der Waals surface area contributed by atoms with E-state index in [-0.39, 0.29) is 23.0 Å². The highest BCUT2D eigenvalue weighted by molar-refractivity contribution is 7.92. The van der Waals surface area contributed by atoms with E-state index in [0.29, 0.717) is 19.4 Å². The largest absolute Gasteiger partial charge is 0.337 e. The van der Waals surface area contributed by atoms with Crippen molar-refractivity contribution in [3.05, 3.63) is 35.9 Å². The van der Waals surface area contributed by atoms with Gasteiger partial charge in [-0.25, -0.2) is 8.42 Å². The molecule has 1 aromatic carbocycles. The van der Waals surface area contributed by atoms with Gasteiger partial charge in [-0.15, -0.1) is 0 Å². The van der Waals surface area contributed by atoms with Crippen LogP contribution in [0.3, 0.4) is 0 Å². The maximum absolute atomic E-state index is 12.2. The summed E-state index contributed by atoms with van der Waals surface area (Å²) in [6.07, 6.45) is 1.83. The summed E-state index contributed by atoms with van der Waals surface area (Å²) >= 11 is 0. The number of carbonyl (C=O) groups is 1. The fourth-order valence-electron chi connectivity index (χ4n) is 3.04. The maximum Gasteiger partial charge on any atom is 0.223 e. The first-order valence-corrected chi connectivity index (χ1v) is 8.33. The Balaban J connectivity index is 1.59. The zero-order valence-corrected chi connectivity index (χ0v) is 11.5. The SMILES string of the molecule is O=C(CCc1ccccc1)N1CC2CC1CS2(=O)=O. The predicted octanol–water partition coefficient (Wildman–Crippen LogP) is 1.02. The van der Waals surface area contributed by atoms with Crippen LogP contribution in [0.15, 0.2) is 30.3 Å². The summed E-state index contributed by atoms with van der Waals surface area (Å²) in [7, 11) is -2.91. The summed E-state index contributed by atoms with van der Waals surface area (Å²) in [6, 6.07) is 9.82. The Morgan fingerprint density at radius 3 is 2.58 bits per heavy atom. The summed E-state index contributed by atoms with van der Waals surface area (Å²) in [5, 5.41) is -0.307. The minimum Gasteiger partial charge on any atom is -0.337 e. The number of aryl methyl sites for hydroxylation is 1. The smallest absolute Gasteiger partial charge is 0.223 e. The number of carbonyl (C=O) groups excluding carboxylic acids is 1. The number of amides is 1. The molecule has 0 radical (unpaired) electrons. The van der Waals surface area contributed by atoms with E-state index in [1.165, 1.54) is 0 Å². The number of nitrogens with zero attached hydrogens (tertiary/aromatic N) is 1. The Bertz CT molecular complexity index is 582. The molecule has 102 valence electrons. The summed E-state index contributed by atoms with van der Waals surface area (Å²) in [5.41, 5.74) is 1.15. The van der Waals surface area contributed by atoms with Crippen LogP contribution in [0.25, 0.3) is 0 Å². The number of likely N-dealkylation sites (tertiary alicyclic amines) is 1. The monoisotopic (exact) mass is 279 g/mol. The van der Waals surface area contributed by atoms with Crippen LogP contribution in [0, 0.1) is 0 Å². The number of hydrogen-bond donors (Lipinski definition) is 0. The fourth-order valence-corrected chi connectivity index (χ4v) is 5.07. The normalized spacial score (nSPS) is 27.7. The lowest BCUT2D eigenvalue weighted by Crippen LogP contribution is -2.44. The van der Waals surface area contributed by atoms with Gasteiger partial charge in [0.25, 0.3) is 0 Å². The Morgan fingerprint density at radius 2 is 2.00 bits per heavy atom. The fraction of sp³-hybridized carbons (Fsp3) is 0.500. The van der Waals surface area contributed by atoms with Gasteiger partial charge in [0.15, 0.2) is 9.84 Å². The molecule has 0 N–H and O–H groups in total. The van der Waals surface area contributed by atoms with Crippen LogP contribution in [0.2, 0.25) is 0 Å². The van der Waals surface area contributed by atoms with Crippen molar-refractivity contribution in [1.29, 1.82) is 0 Å². The van der Waals surface area contributed by atoms with Gasteiger partial charge in [-0.05, 0) is 18.4 Å². The van der Waals surface area contributed by atoms with E-state index in [0.717, 1.165) is 12.0 Å². The molecule has 0 spiro atoms. The zero-order chi connectivity index (χ0) is 13.5. The number of fused-ring (bicyclic) bond motifs is 2. The van der Waals surface area contributed by atoms with E-state index < -0.39 is 9.84 Å². The van der Waals surface area contributed by atoms with Crippen LogP contribution in [0.5, 0.6) is 0 Å². The molecule has 1 aromatic rings. The van der Waals surface area contributed by atoms with Gasteiger partial charge >= 0.3 is 0 Å². The van der Waals surface area contributed by atoms with E-state index in [4.69, 9.17) is 0 Å². The molecule has 2 fully saturated rings. The van der Waals surface area contributed by atoms with Crippen molar-refractivity contribution < 1.29 is 13.2 Å². The number of benzene rings is 1. The standard InChI is InChI=1S/C14H17NO3S/c16-14(7-6-11-4-2-1-3-5-11)15-9-13-8-12(15)10-19(13,17)18/h1-5,12-13H,6-10H2. The first-order chi connectivity index (χ1) is 9.06. The molecule has 4 nitrogen and oxygen atoms in total. The lowest BCUT2D eigenvalue weighted by atomic mass is 10.1. The second kappa shape index (κ2) is 4.63. The highest BCUT2D eigenvalue weighted by Crippen LogP contribution is 2.33. The van der Waals surface area contributed by atoms with Gasteiger partial charge in [-0.1, -0.05) is 30.3 Å². The molecule has 0 aliphatic carbocycles. The molecule has 1 amide bonds. The topological polar surface area (TPSA) is 54.5 Å². The van der Waals surface area contributed by atoms with Gasteiger partial charge in [0.2, 0.25) is 5.91 Å². The van der Waals surface area contributed by atoms with Gasteiger partial charge < -0.3 is 4.90 Å². The highest BCUT2D eigenvalue weighted by atomic mass is 32.2. The molecule has 5 heteroatoms. The third-order valence-corrected chi connectivity index (χ3v) is 6.31. The van der Waals surface area contributed by atoms with Crippen molar-refractivity contribution in [1.82, 2.24) is 4.90 Å². The maximum atomic E-state index is 12.2. The molecule has 0 saturated carbocycles. The second-order valence-corrected chi connectivity index (χ2v) is 7.70. The van der Waals surface area contributed by atoms with Crippen molar-refractivity contribution in [2.45, 2.75) is 30.6 Å². The van der Waals surface area contributed by atoms with Gasteiger partial charge in [0.05, 0.1) is 11.0 Å². The minimum absolute atomic E-state index is 0.0710. The van der Waals surface area contributed by atoms with Crippen LogP contribution >= 0.6 is 0 Å². The first kappa shape index (κ1) is 12.7. The summed E-state index contributed by atoms with van der Waals surface area (Å²) in [6.45, 7) is 0.403. The summed E-state index contributed by atoms with van der Waals surface area (Å²) < 4.78 is 23.3. The molecule has 2 atom stereocenters. The van der Waals surface area contributed by atoms with Crippen molar-refractivity contribution >= 4 is 15.7 Å². The van der Waals surface area contributed by atoms with Crippen LogP contribution in [-0.4, -0.2) is 42.8 Å². The van der Waals surface area contributed by atoms with E-state index in [2.05, 4.69) is 0 Å². The third-order valence-electron chi connectivity index (χ3n) is 4.10. The second-order valence-electron chi connectivity index (χ2n) is 5.37. The average Bonchev–Trinajstić information content (AvgIpc) is 2.93. The van der Waals surface area contributed by atoms with Crippen LogP contribution < -0.4 is 0 Å². The Labute approximate surface area is 113 Å². The highest BCUT2D eigenvalue weighted by Gasteiger charge is 2.49. The molecular weight excluding hydrogens is 262 g/mol. The molecule has 2 aliphatic heterocycles. The number of hydrogen-bond acceptors (Lipinski definition) is 3. The summed E-state index contributed by atoms with van der Waals surface area (Å²) in [5.74, 6) is 0.251. The van der Waals surface area contributed by atoms with Crippen molar-refractivity contribution in [2.75, 3.05) is 12.3 Å². The van der Waals surface area contributed by atoms with Gasteiger partial charge in [-0.3, -0.25) is 4.79 Å². The molecule has 19 heavy (non-hydrogen) atoms. The van der Waals surface area contributed by atoms with Crippen LogP contribution in [0.4, 0.5) is 0 Å². The number of sulfone groups is 1. The van der Waals surface area contributed by atoms with E-state index in [9.17, 15) is 13.2 Å².